The lowest BCUT2D eigenvalue weighted by Gasteiger charge is -2.14. The highest BCUT2D eigenvalue weighted by molar-refractivity contribution is 5.79. The maximum Gasteiger partial charge on any atom is 0.191 e. The van der Waals surface area contributed by atoms with Gasteiger partial charge in [0.15, 0.2) is 5.96 Å². The largest absolute Gasteiger partial charge is 0.378 e. The van der Waals surface area contributed by atoms with Crippen molar-refractivity contribution in [1.82, 2.24) is 25.4 Å². The molecule has 7 heteroatoms. The van der Waals surface area contributed by atoms with Crippen LogP contribution in [0.5, 0.6) is 0 Å². The van der Waals surface area contributed by atoms with E-state index < -0.39 is 0 Å². The molecule has 0 aliphatic carbocycles. The van der Waals surface area contributed by atoms with Gasteiger partial charge in [-0.05, 0) is 24.6 Å². The molecule has 2 aromatic rings. The van der Waals surface area contributed by atoms with Crippen LogP contribution in [-0.4, -0.2) is 47.9 Å². The van der Waals surface area contributed by atoms with Crippen LogP contribution in [0.3, 0.4) is 0 Å². The second-order valence-corrected chi connectivity index (χ2v) is 5.98. The van der Waals surface area contributed by atoms with E-state index in [1.165, 1.54) is 11.3 Å². The molecule has 2 N–H and O–H groups in total. The molecule has 0 saturated heterocycles. The number of aromatic nitrogens is 3. The van der Waals surface area contributed by atoms with E-state index in [-0.39, 0.29) is 0 Å². The van der Waals surface area contributed by atoms with Gasteiger partial charge in [-0.25, -0.2) is 4.99 Å². The minimum atomic E-state index is 0.643. The second kappa shape index (κ2) is 9.66. The Bertz CT molecular complexity index is 676. The van der Waals surface area contributed by atoms with Crippen molar-refractivity contribution >= 4 is 11.6 Å². The van der Waals surface area contributed by atoms with Crippen molar-refractivity contribution in [2.24, 2.45) is 4.99 Å². The van der Waals surface area contributed by atoms with E-state index in [9.17, 15) is 0 Å². The van der Waals surface area contributed by atoms with Gasteiger partial charge in [-0.1, -0.05) is 19.1 Å². The first-order chi connectivity index (χ1) is 12.1. The smallest absolute Gasteiger partial charge is 0.191 e. The molecular formula is C18H29N7. The van der Waals surface area contributed by atoms with Gasteiger partial charge in [-0.15, -0.1) is 10.2 Å². The Hall–Kier alpha value is -2.57. The van der Waals surface area contributed by atoms with Gasteiger partial charge in [-0.3, -0.25) is 0 Å². The van der Waals surface area contributed by atoms with Crippen LogP contribution in [-0.2, 0) is 19.5 Å². The first-order valence-electron chi connectivity index (χ1n) is 8.79. The van der Waals surface area contributed by atoms with Crippen molar-refractivity contribution in [3.63, 3.8) is 0 Å². The molecule has 0 aliphatic rings. The van der Waals surface area contributed by atoms with E-state index in [0.717, 1.165) is 37.8 Å². The Morgan fingerprint density at radius 1 is 1.24 bits per heavy atom. The molecule has 1 aromatic carbocycles. The van der Waals surface area contributed by atoms with Crippen LogP contribution in [0.2, 0.25) is 0 Å². The number of rotatable bonds is 8. The number of aryl methyl sites for hydroxylation is 1. The lowest BCUT2D eigenvalue weighted by molar-refractivity contribution is 0.632. The number of hydrogen-bond acceptors (Lipinski definition) is 4. The summed E-state index contributed by atoms with van der Waals surface area (Å²) in [6.07, 6.45) is 2.66. The lowest BCUT2D eigenvalue weighted by Crippen LogP contribution is -2.38. The number of hydrogen-bond donors (Lipinski definition) is 2. The number of nitrogens with zero attached hydrogens (tertiary/aromatic N) is 5. The molecule has 1 aromatic heterocycles. The van der Waals surface area contributed by atoms with E-state index in [0.29, 0.717) is 6.54 Å². The molecule has 0 atom stereocenters. The fourth-order valence-electron chi connectivity index (χ4n) is 2.48. The summed E-state index contributed by atoms with van der Waals surface area (Å²) in [5, 5.41) is 14.7. The molecule has 2 rings (SSSR count). The monoisotopic (exact) mass is 343 g/mol. The molecule has 0 bridgehead atoms. The van der Waals surface area contributed by atoms with Crippen molar-refractivity contribution in [1.29, 1.82) is 0 Å². The Morgan fingerprint density at radius 2 is 2.08 bits per heavy atom. The highest BCUT2D eigenvalue weighted by Gasteiger charge is 2.03. The Kier molecular flexibility index (Phi) is 7.25. The highest BCUT2D eigenvalue weighted by atomic mass is 15.3. The molecule has 136 valence electrons. The fourth-order valence-corrected chi connectivity index (χ4v) is 2.48. The molecule has 0 amide bonds. The van der Waals surface area contributed by atoms with E-state index in [1.807, 2.05) is 14.1 Å². The van der Waals surface area contributed by atoms with Gasteiger partial charge in [0.25, 0.3) is 0 Å². The summed E-state index contributed by atoms with van der Waals surface area (Å²) in [6, 6.07) is 8.43. The van der Waals surface area contributed by atoms with Gasteiger partial charge in [0.1, 0.15) is 12.2 Å². The van der Waals surface area contributed by atoms with E-state index in [1.54, 1.807) is 6.33 Å². The maximum atomic E-state index is 4.68. The molecule has 25 heavy (non-hydrogen) atoms. The third kappa shape index (κ3) is 5.77. The number of anilines is 1. The zero-order chi connectivity index (χ0) is 18.1. The minimum Gasteiger partial charge on any atom is -0.378 e. The third-order valence-corrected chi connectivity index (χ3v) is 3.85. The van der Waals surface area contributed by atoms with Gasteiger partial charge < -0.3 is 20.1 Å². The van der Waals surface area contributed by atoms with E-state index in [4.69, 9.17) is 0 Å². The summed E-state index contributed by atoms with van der Waals surface area (Å²) >= 11 is 0. The zero-order valence-electron chi connectivity index (χ0n) is 15.7. The SMILES string of the molecule is CCNC(=NCc1cccc(N(C)C)c1)NCCn1cnnc1CC. The average Bonchev–Trinajstić information content (AvgIpc) is 3.07. The van der Waals surface area contributed by atoms with Crippen molar-refractivity contribution < 1.29 is 0 Å². The molecule has 7 nitrogen and oxygen atoms in total. The number of guanidine groups is 1. The normalized spacial score (nSPS) is 11.4. The Balaban J connectivity index is 1.92. The number of nitrogens with one attached hydrogen (secondary N) is 2. The van der Waals surface area contributed by atoms with Gasteiger partial charge in [0, 0.05) is 45.8 Å². The van der Waals surface area contributed by atoms with Crippen LogP contribution >= 0.6 is 0 Å². The van der Waals surface area contributed by atoms with Crippen LogP contribution in [0.15, 0.2) is 35.6 Å². The third-order valence-electron chi connectivity index (χ3n) is 3.85. The zero-order valence-corrected chi connectivity index (χ0v) is 15.7. The van der Waals surface area contributed by atoms with Gasteiger partial charge in [0.2, 0.25) is 0 Å². The summed E-state index contributed by atoms with van der Waals surface area (Å²) in [4.78, 5) is 6.78. The molecule has 1 heterocycles. The molecule has 0 aliphatic heterocycles. The van der Waals surface area contributed by atoms with Gasteiger partial charge in [-0.2, -0.15) is 0 Å². The molecular weight excluding hydrogens is 314 g/mol. The van der Waals surface area contributed by atoms with E-state index >= 15 is 0 Å². The topological polar surface area (TPSA) is 70.4 Å². The quantitative estimate of drug-likeness (QED) is 0.563. The van der Waals surface area contributed by atoms with Crippen molar-refractivity contribution in [3.8, 4) is 0 Å². The van der Waals surface area contributed by atoms with E-state index in [2.05, 4.69) is 73.4 Å². The summed E-state index contributed by atoms with van der Waals surface area (Å²) in [5.74, 6) is 1.83. The lowest BCUT2D eigenvalue weighted by atomic mass is 10.2. The summed E-state index contributed by atoms with van der Waals surface area (Å²) < 4.78 is 2.07. The average molecular weight is 343 g/mol. The molecule has 0 unspecified atom stereocenters. The van der Waals surface area contributed by atoms with Crippen molar-refractivity contribution in [2.45, 2.75) is 33.4 Å². The second-order valence-electron chi connectivity index (χ2n) is 5.98. The predicted molar refractivity (Wildman–Crippen MR) is 103 cm³/mol. The summed E-state index contributed by atoms with van der Waals surface area (Å²) in [6.45, 7) is 7.21. The van der Waals surface area contributed by atoms with Crippen LogP contribution in [0, 0.1) is 0 Å². The number of aliphatic imine (C=N–C) groups is 1. The van der Waals surface area contributed by atoms with Gasteiger partial charge >= 0.3 is 0 Å². The Labute approximate surface area is 150 Å². The molecule has 0 fully saturated rings. The highest BCUT2D eigenvalue weighted by Crippen LogP contribution is 2.13. The van der Waals surface area contributed by atoms with Crippen molar-refractivity contribution in [3.05, 3.63) is 42.0 Å². The number of benzene rings is 1. The summed E-state index contributed by atoms with van der Waals surface area (Å²) in [5.41, 5.74) is 2.38. The predicted octanol–water partition coefficient (Wildman–Crippen LogP) is 1.66. The molecule has 0 spiro atoms. The molecule has 0 radical (unpaired) electrons. The van der Waals surface area contributed by atoms with Crippen molar-refractivity contribution in [2.75, 3.05) is 32.1 Å². The first-order valence-corrected chi connectivity index (χ1v) is 8.79. The maximum absolute atomic E-state index is 4.68. The van der Waals surface area contributed by atoms with Crippen LogP contribution in [0.4, 0.5) is 5.69 Å². The summed E-state index contributed by atoms with van der Waals surface area (Å²) in [7, 11) is 4.09. The van der Waals surface area contributed by atoms with Crippen LogP contribution < -0.4 is 15.5 Å². The Morgan fingerprint density at radius 3 is 2.80 bits per heavy atom. The fraction of sp³-hybridized carbons (Fsp3) is 0.500. The standard InChI is InChI=1S/C18H29N7/c1-5-17-23-22-14-25(17)11-10-20-18(19-6-2)21-13-15-8-7-9-16(12-15)24(3)4/h7-9,12,14H,5-6,10-11,13H2,1-4H3,(H2,19,20,21). The molecule has 0 saturated carbocycles. The minimum absolute atomic E-state index is 0.643. The van der Waals surface area contributed by atoms with Crippen LogP contribution in [0.25, 0.3) is 0 Å². The van der Waals surface area contributed by atoms with Crippen LogP contribution in [0.1, 0.15) is 25.2 Å². The van der Waals surface area contributed by atoms with Gasteiger partial charge in [0.05, 0.1) is 6.54 Å². The first kappa shape index (κ1) is 18.8.